The number of aromatic nitrogens is 2. The Bertz CT molecular complexity index is 273. The summed E-state index contributed by atoms with van der Waals surface area (Å²) in [5.41, 5.74) is 0.748. The van der Waals surface area contributed by atoms with Crippen LogP contribution in [0, 0.1) is 0 Å². The van der Waals surface area contributed by atoms with E-state index in [1.165, 1.54) is 4.90 Å². The second kappa shape index (κ2) is 4.39. The summed E-state index contributed by atoms with van der Waals surface area (Å²) in [7, 11) is 3.37. The number of urea groups is 1. The maximum Gasteiger partial charge on any atom is 0.317 e. The van der Waals surface area contributed by atoms with Gasteiger partial charge in [-0.25, -0.2) is 4.79 Å². The molecule has 1 N–H and O–H groups in total. The number of hydrogen-bond acceptors (Lipinski definition) is 3. The molecule has 0 aliphatic rings. The lowest BCUT2D eigenvalue weighted by Crippen LogP contribution is -2.34. The van der Waals surface area contributed by atoms with Gasteiger partial charge in [0.1, 0.15) is 0 Å². The van der Waals surface area contributed by atoms with Gasteiger partial charge >= 0.3 is 6.03 Å². The van der Waals surface area contributed by atoms with Gasteiger partial charge in [0.2, 0.25) is 0 Å². The fourth-order valence-corrected chi connectivity index (χ4v) is 0.746. The summed E-state index contributed by atoms with van der Waals surface area (Å²) in [6.07, 6.45) is 4.81. The van der Waals surface area contributed by atoms with Crippen LogP contribution in [0.2, 0.25) is 0 Å². The van der Waals surface area contributed by atoms with Gasteiger partial charge in [-0.15, -0.1) is 0 Å². The minimum absolute atomic E-state index is 0.134. The van der Waals surface area contributed by atoms with Crippen molar-refractivity contribution in [3.8, 4) is 0 Å². The standard InChI is InChI=1S/C8H12N4O/c1-12(2)8(13)11-6-7-5-9-3-4-10-7/h3-5H,6H2,1-2H3,(H,11,13). The maximum absolute atomic E-state index is 11.1. The highest BCUT2D eigenvalue weighted by Gasteiger charge is 2.01. The van der Waals surface area contributed by atoms with E-state index in [0.717, 1.165) is 5.69 Å². The topological polar surface area (TPSA) is 58.1 Å². The van der Waals surface area contributed by atoms with E-state index in [9.17, 15) is 4.79 Å². The second-order valence-corrected chi connectivity index (χ2v) is 2.75. The Kier molecular flexibility index (Phi) is 3.19. The molecule has 1 rings (SSSR count). The number of nitrogens with zero attached hydrogens (tertiary/aromatic N) is 3. The first kappa shape index (κ1) is 9.44. The Morgan fingerprint density at radius 3 is 2.85 bits per heavy atom. The predicted molar refractivity (Wildman–Crippen MR) is 48.0 cm³/mol. The van der Waals surface area contributed by atoms with Crippen molar-refractivity contribution in [3.05, 3.63) is 24.3 Å². The van der Waals surface area contributed by atoms with Crippen LogP contribution < -0.4 is 5.32 Å². The highest BCUT2D eigenvalue weighted by Crippen LogP contribution is 1.89. The monoisotopic (exact) mass is 180 g/mol. The van der Waals surface area contributed by atoms with E-state index in [-0.39, 0.29) is 6.03 Å². The zero-order chi connectivity index (χ0) is 9.68. The molecule has 13 heavy (non-hydrogen) atoms. The minimum atomic E-state index is -0.134. The van der Waals surface area contributed by atoms with Gasteiger partial charge in [0.15, 0.2) is 0 Å². The van der Waals surface area contributed by atoms with Crippen LogP contribution in [0.3, 0.4) is 0 Å². The van der Waals surface area contributed by atoms with Crippen LogP contribution in [-0.4, -0.2) is 35.0 Å². The maximum atomic E-state index is 11.1. The number of carbonyl (C=O) groups excluding carboxylic acids is 1. The molecule has 0 aromatic carbocycles. The molecule has 70 valence electrons. The average molecular weight is 180 g/mol. The smallest absolute Gasteiger partial charge is 0.317 e. The molecule has 0 spiro atoms. The summed E-state index contributed by atoms with van der Waals surface area (Å²) in [4.78, 5) is 20.4. The SMILES string of the molecule is CN(C)C(=O)NCc1cnccn1. The summed E-state index contributed by atoms with van der Waals surface area (Å²) in [6.45, 7) is 0.408. The molecular formula is C8H12N4O. The molecule has 1 heterocycles. The lowest BCUT2D eigenvalue weighted by molar-refractivity contribution is 0.217. The molecule has 2 amide bonds. The van der Waals surface area contributed by atoms with Crippen molar-refractivity contribution in [1.82, 2.24) is 20.2 Å². The van der Waals surface area contributed by atoms with Crippen molar-refractivity contribution >= 4 is 6.03 Å². The van der Waals surface area contributed by atoms with Crippen molar-refractivity contribution in [1.29, 1.82) is 0 Å². The fourth-order valence-electron chi connectivity index (χ4n) is 0.746. The van der Waals surface area contributed by atoms with Gasteiger partial charge in [0, 0.05) is 26.5 Å². The molecule has 0 saturated heterocycles. The van der Waals surface area contributed by atoms with Crippen molar-refractivity contribution < 1.29 is 4.79 Å². The molecule has 0 aliphatic carbocycles. The number of carbonyl (C=O) groups is 1. The van der Waals surface area contributed by atoms with E-state index >= 15 is 0 Å². The van der Waals surface area contributed by atoms with Crippen molar-refractivity contribution in [2.75, 3.05) is 14.1 Å². The molecule has 0 saturated carbocycles. The molecule has 1 aromatic rings. The van der Waals surface area contributed by atoms with Gasteiger partial charge in [0.25, 0.3) is 0 Å². The molecule has 5 heteroatoms. The Morgan fingerprint density at radius 2 is 2.31 bits per heavy atom. The first-order valence-electron chi connectivity index (χ1n) is 3.90. The van der Waals surface area contributed by atoms with Crippen LogP contribution in [0.1, 0.15) is 5.69 Å². The summed E-state index contributed by atoms with van der Waals surface area (Å²) in [5, 5.41) is 2.68. The van der Waals surface area contributed by atoms with Crippen molar-refractivity contribution in [2.45, 2.75) is 6.54 Å². The molecule has 1 aromatic heterocycles. The zero-order valence-corrected chi connectivity index (χ0v) is 7.69. The van der Waals surface area contributed by atoms with E-state index in [4.69, 9.17) is 0 Å². The minimum Gasteiger partial charge on any atom is -0.332 e. The molecule has 0 fully saturated rings. The van der Waals surface area contributed by atoms with Crippen LogP contribution in [0.5, 0.6) is 0 Å². The zero-order valence-electron chi connectivity index (χ0n) is 7.69. The second-order valence-electron chi connectivity index (χ2n) is 2.75. The van der Waals surface area contributed by atoms with E-state index in [0.29, 0.717) is 6.54 Å². The third kappa shape index (κ3) is 3.06. The molecule has 0 bridgehead atoms. The van der Waals surface area contributed by atoms with Crippen LogP contribution in [0.25, 0.3) is 0 Å². The number of rotatable bonds is 2. The molecule has 0 radical (unpaired) electrons. The van der Waals surface area contributed by atoms with Gasteiger partial charge < -0.3 is 10.2 Å². The molecule has 0 atom stereocenters. The first-order valence-corrected chi connectivity index (χ1v) is 3.90. The van der Waals surface area contributed by atoms with Gasteiger partial charge in [-0.3, -0.25) is 9.97 Å². The average Bonchev–Trinajstić information content (AvgIpc) is 2.15. The highest BCUT2D eigenvalue weighted by molar-refractivity contribution is 5.73. The fraction of sp³-hybridized carbons (Fsp3) is 0.375. The number of nitrogens with one attached hydrogen (secondary N) is 1. The van der Waals surface area contributed by atoms with E-state index in [2.05, 4.69) is 15.3 Å². The first-order chi connectivity index (χ1) is 6.20. The number of hydrogen-bond donors (Lipinski definition) is 1. The molecular weight excluding hydrogens is 168 g/mol. The van der Waals surface area contributed by atoms with Gasteiger partial charge in [-0.1, -0.05) is 0 Å². The third-order valence-corrected chi connectivity index (χ3v) is 1.44. The summed E-state index contributed by atoms with van der Waals surface area (Å²) in [6, 6.07) is -0.134. The lowest BCUT2D eigenvalue weighted by Gasteiger charge is -2.10. The van der Waals surface area contributed by atoms with Gasteiger partial charge in [-0.05, 0) is 0 Å². The van der Waals surface area contributed by atoms with Crippen LogP contribution >= 0.6 is 0 Å². The Hall–Kier alpha value is -1.65. The summed E-state index contributed by atoms with van der Waals surface area (Å²) in [5.74, 6) is 0. The molecule has 0 aliphatic heterocycles. The Labute approximate surface area is 76.8 Å². The number of amides is 2. The van der Waals surface area contributed by atoms with E-state index in [1.54, 1.807) is 32.7 Å². The molecule has 0 unspecified atom stereocenters. The predicted octanol–water partition coefficient (Wildman–Crippen LogP) is 0.248. The van der Waals surface area contributed by atoms with Crippen molar-refractivity contribution in [3.63, 3.8) is 0 Å². The van der Waals surface area contributed by atoms with Crippen LogP contribution in [0.4, 0.5) is 4.79 Å². The Balaban J connectivity index is 2.40. The van der Waals surface area contributed by atoms with Crippen LogP contribution in [0.15, 0.2) is 18.6 Å². The van der Waals surface area contributed by atoms with Crippen LogP contribution in [-0.2, 0) is 6.54 Å². The third-order valence-electron chi connectivity index (χ3n) is 1.44. The molecule has 5 nitrogen and oxygen atoms in total. The van der Waals surface area contributed by atoms with Gasteiger partial charge in [0.05, 0.1) is 18.4 Å². The van der Waals surface area contributed by atoms with Gasteiger partial charge in [-0.2, -0.15) is 0 Å². The normalized spacial score (nSPS) is 9.38. The quantitative estimate of drug-likeness (QED) is 0.709. The lowest BCUT2D eigenvalue weighted by atomic mass is 10.4. The summed E-state index contributed by atoms with van der Waals surface area (Å²) >= 11 is 0. The van der Waals surface area contributed by atoms with E-state index < -0.39 is 0 Å². The van der Waals surface area contributed by atoms with E-state index in [1.807, 2.05) is 0 Å². The Morgan fingerprint density at radius 1 is 1.54 bits per heavy atom. The largest absolute Gasteiger partial charge is 0.332 e. The van der Waals surface area contributed by atoms with Crippen molar-refractivity contribution in [2.24, 2.45) is 0 Å². The summed E-state index contributed by atoms with van der Waals surface area (Å²) < 4.78 is 0. The highest BCUT2D eigenvalue weighted by atomic mass is 16.2.